The van der Waals surface area contributed by atoms with Gasteiger partial charge in [0.15, 0.2) is 0 Å². The van der Waals surface area contributed by atoms with Crippen molar-refractivity contribution in [2.24, 2.45) is 0 Å². The van der Waals surface area contributed by atoms with Gasteiger partial charge in [-0.2, -0.15) is 0 Å². The molecule has 2 aromatic rings. The number of benzene rings is 2. The minimum absolute atomic E-state index is 0.0345. The summed E-state index contributed by atoms with van der Waals surface area (Å²) >= 11 is 0. The molecule has 2 aliphatic heterocycles. The second-order valence-electron chi connectivity index (χ2n) is 9.28. The van der Waals surface area contributed by atoms with Gasteiger partial charge in [0.1, 0.15) is 11.4 Å². The number of fused-ring (bicyclic) bond motifs is 1. The molecule has 0 aliphatic carbocycles. The minimum Gasteiger partial charge on any atom is -0.487 e. The summed E-state index contributed by atoms with van der Waals surface area (Å²) in [6.45, 7) is 5.78. The zero-order valence-electron chi connectivity index (χ0n) is 19.0. The van der Waals surface area contributed by atoms with Gasteiger partial charge >= 0.3 is 6.03 Å². The molecule has 6 heteroatoms. The quantitative estimate of drug-likeness (QED) is 0.739. The van der Waals surface area contributed by atoms with Gasteiger partial charge in [0, 0.05) is 50.9 Å². The third-order valence-electron chi connectivity index (χ3n) is 6.43. The van der Waals surface area contributed by atoms with Crippen LogP contribution in [0.3, 0.4) is 0 Å². The number of urea groups is 1. The van der Waals surface area contributed by atoms with Crippen LogP contribution in [0.15, 0.2) is 54.6 Å². The van der Waals surface area contributed by atoms with Crippen LogP contribution < -0.4 is 15.4 Å². The number of nitrogens with one attached hydrogen (secondary N) is 2. The molecular formula is C26H33N3O3. The number of rotatable bonds is 5. The lowest BCUT2D eigenvalue weighted by Crippen LogP contribution is -2.53. The average molecular weight is 436 g/mol. The third-order valence-corrected chi connectivity index (χ3v) is 6.43. The molecule has 32 heavy (non-hydrogen) atoms. The molecular weight excluding hydrogens is 402 g/mol. The number of hydrogen-bond acceptors (Lipinski definition) is 3. The van der Waals surface area contributed by atoms with Crippen LogP contribution in [0.4, 0.5) is 4.79 Å². The predicted molar refractivity (Wildman–Crippen MR) is 125 cm³/mol. The fourth-order valence-corrected chi connectivity index (χ4v) is 4.84. The number of carbonyl (C=O) groups is 2. The van der Waals surface area contributed by atoms with E-state index in [0.717, 1.165) is 36.1 Å². The molecule has 0 unspecified atom stereocenters. The molecule has 1 saturated heterocycles. The molecule has 2 heterocycles. The standard InChI is InChI=1S/C26H33N3O3/c1-19(2)28-24(30)16-21-17-26(32-23-11-7-6-10-22(21)23)12-14-29(15-13-26)25(31)27-18-20-8-4-3-5-9-20/h3-11,19,21H,12-18H2,1-2H3,(H,27,31)(H,28,30)/t21-/m1/s1. The Hall–Kier alpha value is -3.02. The van der Waals surface area contributed by atoms with Gasteiger partial charge in [0.25, 0.3) is 0 Å². The molecule has 1 spiro atoms. The fourth-order valence-electron chi connectivity index (χ4n) is 4.84. The summed E-state index contributed by atoms with van der Waals surface area (Å²) in [7, 11) is 0. The van der Waals surface area contributed by atoms with E-state index in [4.69, 9.17) is 4.74 Å². The average Bonchev–Trinajstić information content (AvgIpc) is 2.78. The van der Waals surface area contributed by atoms with Gasteiger partial charge in [-0.1, -0.05) is 48.5 Å². The Morgan fingerprint density at radius 2 is 1.75 bits per heavy atom. The summed E-state index contributed by atoms with van der Waals surface area (Å²) in [6, 6.07) is 18.1. The number of piperidine rings is 1. The highest BCUT2D eigenvalue weighted by Crippen LogP contribution is 2.46. The highest BCUT2D eigenvalue weighted by Gasteiger charge is 2.44. The smallest absolute Gasteiger partial charge is 0.317 e. The summed E-state index contributed by atoms with van der Waals surface area (Å²) in [6.07, 6.45) is 2.79. The molecule has 1 fully saturated rings. The highest BCUT2D eigenvalue weighted by molar-refractivity contribution is 5.77. The molecule has 1 atom stereocenters. The van der Waals surface area contributed by atoms with Crippen molar-refractivity contribution >= 4 is 11.9 Å². The molecule has 0 aromatic heterocycles. The van der Waals surface area contributed by atoms with Crippen molar-refractivity contribution in [3.05, 3.63) is 65.7 Å². The molecule has 2 aliphatic rings. The maximum Gasteiger partial charge on any atom is 0.317 e. The first-order valence-electron chi connectivity index (χ1n) is 11.6. The summed E-state index contributed by atoms with van der Waals surface area (Å²) in [4.78, 5) is 27.1. The van der Waals surface area contributed by atoms with Gasteiger partial charge in [-0.15, -0.1) is 0 Å². The number of nitrogens with zero attached hydrogens (tertiary/aromatic N) is 1. The Morgan fingerprint density at radius 1 is 1.06 bits per heavy atom. The number of hydrogen-bond donors (Lipinski definition) is 2. The van der Waals surface area contributed by atoms with Gasteiger partial charge in [-0.05, 0) is 37.5 Å². The van der Waals surface area contributed by atoms with Crippen molar-refractivity contribution < 1.29 is 14.3 Å². The predicted octanol–water partition coefficient (Wildman–Crippen LogP) is 4.21. The van der Waals surface area contributed by atoms with Crippen LogP contribution in [-0.4, -0.2) is 41.6 Å². The second kappa shape index (κ2) is 9.63. The van der Waals surface area contributed by atoms with Crippen molar-refractivity contribution in [3.8, 4) is 5.75 Å². The van der Waals surface area contributed by atoms with Crippen LogP contribution in [0.2, 0.25) is 0 Å². The first kappa shape index (κ1) is 22.2. The van der Waals surface area contributed by atoms with E-state index in [2.05, 4.69) is 16.7 Å². The van der Waals surface area contributed by atoms with E-state index in [-0.39, 0.29) is 29.5 Å². The lowest BCUT2D eigenvalue weighted by atomic mass is 9.76. The topological polar surface area (TPSA) is 70.7 Å². The molecule has 170 valence electrons. The zero-order chi connectivity index (χ0) is 22.6. The Kier molecular flexibility index (Phi) is 6.68. The minimum atomic E-state index is -0.326. The summed E-state index contributed by atoms with van der Waals surface area (Å²) in [5, 5.41) is 6.04. The van der Waals surface area contributed by atoms with Gasteiger partial charge in [0.2, 0.25) is 5.91 Å². The van der Waals surface area contributed by atoms with Gasteiger partial charge < -0.3 is 20.3 Å². The molecule has 6 nitrogen and oxygen atoms in total. The van der Waals surface area contributed by atoms with Crippen molar-refractivity contribution in [1.29, 1.82) is 0 Å². The van der Waals surface area contributed by atoms with E-state index in [1.165, 1.54) is 0 Å². The summed E-state index contributed by atoms with van der Waals surface area (Å²) in [5.74, 6) is 1.08. The van der Waals surface area contributed by atoms with Crippen molar-refractivity contribution in [2.75, 3.05) is 13.1 Å². The Bertz CT molecular complexity index is 936. The van der Waals surface area contributed by atoms with E-state index >= 15 is 0 Å². The molecule has 0 bridgehead atoms. The van der Waals surface area contributed by atoms with Crippen LogP contribution in [0.1, 0.15) is 56.6 Å². The lowest BCUT2D eigenvalue weighted by molar-refractivity contribution is -0.122. The Morgan fingerprint density at radius 3 is 2.47 bits per heavy atom. The largest absolute Gasteiger partial charge is 0.487 e. The molecule has 2 N–H and O–H groups in total. The lowest BCUT2D eigenvalue weighted by Gasteiger charge is -2.46. The first-order valence-corrected chi connectivity index (χ1v) is 11.6. The normalized spacial score (nSPS) is 19.2. The molecule has 0 saturated carbocycles. The zero-order valence-corrected chi connectivity index (χ0v) is 19.0. The van der Waals surface area contributed by atoms with Crippen LogP contribution >= 0.6 is 0 Å². The third kappa shape index (κ3) is 5.23. The Labute approximate surface area is 190 Å². The number of ether oxygens (including phenoxy) is 1. The first-order chi connectivity index (χ1) is 15.4. The van der Waals surface area contributed by atoms with E-state index in [0.29, 0.717) is 26.1 Å². The maximum atomic E-state index is 12.7. The molecule has 4 rings (SSSR count). The molecule has 2 aromatic carbocycles. The van der Waals surface area contributed by atoms with Crippen LogP contribution in [0.25, 0.3) is 0 Å². The number of likely N-dealkylation sites (tertiary alicyclic amines) is 1. The van der Waals surface area contributed by atoms with Crippen LogP contribution in [0, 0.1) is 0 Å². The Balaban J connectivity index is 1.39. The van der Waals surface area contributed by atoms with Crippen LogP contribution in [0.5, 0.6) is 5.75 Å². The second-order valence-corrected chi connectivity index (χ2v) is 9.28. The van der Waals surface area contributed by atoms with Gasteiger partial charge in [0.05, 0.1) is 0 Å². The maximum absolute atomic E-state index is 12.7. The fraction of sp³-hybridized carbons (Fsp3) is 0.462. The van der Waals surface area contributed by atoms with Gasteiger partial charge in [-0.3, -0.25) is 4.79 Å². The van der Waals surface area contributed by atoms with Crippen molar-refractivity contribution in [2.45, 2.75) is 63.6 Å². The summed E-state index contributed by atoms with van der Waals surface area (Å²) < 4.78 is 6.52. The van der Waals surface area contributed by atoms with Crippen molar-refractivity contribution in [3.63, 3.8) is 0 Å². The van der Waals surface area contributed by atoms with E-state index in [1.807, 2.05) is 67.3 Å². The molecule has 0 radical (unpaired) electrons. The van der Waals surface area contributed by atoms with E-state index in [1.54, 1.807) is 0 Å². The van der Waals surface area contributed by atoms with Crippen LogP contribution in [-0.2, 0) is 11.3 Å². The van der Waals surface area contributed by atoms with E-state index in [9.17, 15) is 9.59 Å². The monoisotopic (exact) mass is 435 g/mol. The summed E-state index contributed by atoms with van der Waals surface area (Å²) in [5.41, 5.74) is 1.87. The number of amides is 3. The number of carbonyl (C=O) groups excluding carboxylic acids is 2. The van der Waals surface area contributed by atoms with E-state index < -0.39 is 0 Å². The van der Waals surface area contributed by atoms with Crippen molar-refractivity contribution in [1.82, 2.24) is 15.5 Å². The SMILES string of the molecule is CC(C)NC(=O)C[C@@H]1CC2(CCN(C(=O)NCc3ccccc3)CC2)Oc2ccccc21. The van der Waals surface area contributed by atoms with Gasteiger partial charge in [-0.25, -0.2) is 4.79 Å². The molecule has 3 amide bonds. The number of para-hydroxylation sites is 1. The highest BCUT2D eigenvalue weighted by atomic mass is 16.5.